The molecule has 0 radical (unpaired) electrons. The molecule has 1 heterocycles. The van der Waals surface area contributed by atoms with Crippen molar-refractivity contribution < 1.29 is 14.3 Å². The molecular formula is C16H17NO3. The van der Waals surface area contributed by atoms with Crippen molar-refractivity contribution in [1.82, 2.24) is 0 Å². The third-order valence-corrected chi connectivity index (χ3v) is 2.90. The molecule has 0 aliphatic carbocycles. The minimum Gasteiger partial charge on any atom is -0.478 e. The summed E-state index contributed by atoms with van der Waals surface area (Å²) in [7, 11) is 0. The topological polar surface area (TPSA) is 53.7 Å². The summed E-state index contributed by atoms with van der Waals surface area (Å²) < 4.78 is 5.66. The number of hydrogen-bond acceptors (Lipinski definition) is 3. The number of rotatable bonds is 5. The first kappa shape index (κ1) is 13.9. The molecular weight excluding hydrogens is 254 g/mol. The Hall–Kier alpha value is -2.49. The lowest BCUT2D eigenvalue weighted by Gasteiger charge is -2.20. The molecule has 20 heavy (non-hydrogen) atoms. The van der Waals surface area contributed by atoms with Gasteiger partial charge in [0.05, 0.1) is 0 Å². The highest BCUT2D eigenvalue weighted by Crippen LogP contribution is 2.28. The van der Waals surface area contributed by atoms with Crippen molar-refractivity contribution in [2.75, 3.05) is 11.4 Å². The molecule has 1 aromatic carbocycles. The largest absolute Gasteiger partial charge is 0.478 e. The van der Waals surface area contributed by atoms with Crippen LogP contribution in [0.25, 0.3) is 6.08 Å². The highest BCUT2D eigenvalue weighted by molar-refractivity contribution is 5.84. The van der Waals surface area contributed by atoms with Gasteiger partial charge < -0.3 is 14.4 Å². The summed E-state index contributed by atoms with van der Waals surface area (Å²) in [6.07, 6.45) is 2.50. The van der Waals surface area contributed by atoms with Crippen LogP contribution in [-0.2, 0) is 4.79 Å². The lowest BCUT2D eigenvalue weighted by atomic mass is 10.2. The van der Waals surface area contributed by atoms with E-state index in [-0.39, 0.29) is 0 Å². The molecule has 0 spiro atoms. The van der Waals surface area contributed by atoms with Gasteiger partial charge in [-0.3, -0.25) is 0 Å². The van der Waals surface area contributed by atoms with Crippen molar-refractivity contribution in [3.05, 3.63) is 53.8 Å². The molecule has 1 N–H and O–H groups in total. The van der Waals surface area contributed by atoms with Gasteiger partial charge in [-0.25, -0.2) is 4.79 Å². The highest BCUT2D eigenvalue weighted by Gasteiger charge is 2.11. The van der Waals surface area contributed by atoms with E-state index >= 15 is 0 Å². The maximum absolute atomic E-state index is 10.5. The minimum atomic E-state index is -0.992. The molecule has 4 nitrogen and oxygen atoms in total. The minimum absolute atomic E-state index is 0.522. The second kappa shape index (κ2) is 6.10. The number of carboxylic acid groups (broad SMARTS) is 1. The Morgan fingerprint density at radius 2 is 2.15 bits per heavy atom. The first-order chi connectivity index (χ1) is 9.60. The molecule has 2 rings (SSSR count). The number of anilines is 2. The van der Waals surface area contributed by atoms with Crippen LogP contribution in [0.15, 0.2) is 46.9 Å². The van der Waals surface area contributed by atoms with Crippen LogP contribution in [0.4, 0.5) is 11.6 Å². The highest BCUT2D eigenvalue weighted by atomic mass is 16.4. The molecule has 1 aromatic heterocycles. The molecule has 0 amide bonds. The average Bonchev–Trinajstić information content (AvgIpc) is 2.86. The maximum atomic E-state index is 10.5. The van der Waals surface area contributed by atoms with Crippen LogP contribution in [0, 0.1) is 6.92 Å². The molecule has 0 atom stereocenters. The second-order valence-corrected chi connectivity index (χ2v) is 4.43. The van der Waals surface area contributed by atoms with Crippen LogP contribution in [0.3, 0.4) is 0 Å². The van der Waals surface area contributed by atoms with Crippen LogP contribution in [0.5, 0.6) is 0 Å². The molecule has 0 saturated carbocycles. The lowest BCUT2D eigenvalue weighted by Crippen LogP contribution is -2.15. The van der Waals surface area contributed by atoms with Crippen molar-refractivity contribution in [2.24, 2.45) is 0 Å². The fraction of sp³-hybridized carbons (Fsp3) is 0.188. The van der Waals surface area contributed by atoms with Crippen molar-refractivity contribution in [1.29, 1.82) is 0 Å². The van der Waals surface area contributed by atoms with Crippen LogP contribution in [0.1, 0.15) is 18.2 Å². The summed E-state index contributed by atoms with van der Waals surface area (Å²) in [6, 6.07) is 11.7. The van der Waals surface area contributed by atoms with Crippen LogP contribution in [-0.4, -0.2) is 17.6 Å². The Morgan fingerprint density at radius 1 is 1.35 bits per heavy atom. The molecule has 0 bridgehead atoms. The summed E-state index contributed by atoms with van der Waals surface area (Å²) in [4.78, 5) is 12.5. The Kier molecular flexibility index (Phi) is 4.25. The Labute approximate surface area is 117 Å². The van der Waals surface area contributed by atoms with E-state index in [0.717, 1.165) is 18.3 Å². The Morgan fingerprint density at radius 3 is 2.80 bits per heavy atom. The van der Waals surface area contributed by atoms with Gasteiger partial charge in [-0.15, -0.1) is 0 Å². The number of aryl methyl sites for hydroxylation is 1. The van der Waals surface area contributed by atoms with Gasteiger partial charge in [-0.2, -0.15) is 0 Å². The molecule has 0 aliphatic rings. The average molecular weight is 271 g/mol. The summed E-state index contributed by atoms with van der Waals surface area (Å²) in [6.45, 7) is 4.84. The van der Waals surface area contributed by atoms with Gasteiger partial charge in [0.2, 0.25) is 5.88 Å². The van der Waals surface area contributed by atoms with Gasteiger partial charge in [0, 0.05) is 24.4 Å². The third-order valence-electron chi connectivity index (χ3n) is 2.90. The lowest BCUT2D eigenvalue weighted by molar-refractivity contribution is -0.131. The summed E-state index contributed by atoms with van der Waals surface area (Å²) in [5, 5.41) is 8.61. The fourth-order valence-corrected chi connectivity index (χ4v) is 1.99. The maximum Gasteiger partial charge on any atom is 0.328 e. The zero-order chi connectivity index (χ0) is 14.5. The van der Waals surface area contributed by atoms with E-state index in [1.807, 2.05) is 43.0 Å². The molecule has 104 valence electrons. The van der Waals surface area contributed by atoms with E-state index in [0.29, 0.717) is 11.6 Å². The monoisotopic (exact) mass is 271 g/mol. The zero-order valence-corrected chi connectivity index (χ0v) is 11.5. The first-order valence-electron chi connectivity index (χ1n) is 6.45. The van der Waals surface area contributed by atoms with Gasteiger partial charge in [0.25, 0.3) is 0 Å². The fourth-order valence-electron chi connectivity index (χ4n) is 1.99. The Balaban J connectivity index is 2.26. The number of furan rings is 1. The molecule has 0 fully saturated rings. The predicted octanol–water partition coefficient (Wildman–Crippen LogP) is 3.84. The smallest absolute Gasteiger partial charge is 0.328 e. The number of carbonyl (C=O) groups is 1. The van der Waals surface area contributed by atoms with Crippen molar-refractivity contribution >= 4 is 23.6 Å². The van der Waals surface area contributed by atoms with Crippen molar-refractivity contribution in [3.63, 3.8) is 0 Å². The van der Waals surface area contributed by atoms with E-state index in [1.165, 1.54) is 11.6 Å². The van der Waals surface area contributed by atoms with E-state index < -0.39 is 5.97 Å². The summed E-state index contributed by atoms with van der Waals surface area (Å²) >= 11 is 0. The number of aliphatic carboxylic acids is 1. The van der Waals surface area contributed by atoms with E-state index in [1.54, 1.807) is 6.07 Å². The molecule has 0 aliphatic heterocycles. The number of hydrogen-bond donors (Lipinski definition) is 1. The van der Waals surface area contributed by atoms with Gasteiger partial charge >= 0.3 is 5.97 Å². The molecule has 2 aromatic rings. The normalized spacial score (nSPS) is 10.9. The second-order valence-electron chi connectivity index (χ2n) is 4.43. The van der Waals surface area contributed by atoms with Crippen LogP contribution >= 0.6 is 0 Å². The van der Waals surface area contributed by atoms with E-state index in [2.05, 4.69) is 6.07 Å². The zero-order valence-electron chi connectivity index (χ0n) is 11.5. The summed E-state index contributed by atoms with van der Waals surface area (Å²) in [5.41, 5.74) is 2.23. The van der Waals surface area contributed by atoms with Gasteiger partial charge in [0.1, 0.15) is 5.76 Å². The van der Waals surface area contributed by atoms with E-state index in [4.69, 9.17) is 9.52 Å². The van der Waals surface area contributed by atoms with Crippen LogP contribution in [0.2, 0.25) is 0 Å². The SMILES string of the molecule is CCN(c1cccc(C)c1)c1ccc(/C=C/C(=O)O)o1. The first-order valence-corrected chi connectivity index (χ1v) is 6.45. The molecule has 0 saturated heterocycles. The molecule has 0 unspecified atom stereocenters. The number of nitrogens with zero attached hydrogens (tertiary/aromatic N) is 1. The number of benzene rings is 1. The molecule has 4 heteroatoms. The van der Waals surface area contributed by atoms with Crippen LogP contribution < -0.4 is 4.90 Å². The van der Waals surface area contributed by atoms with Gasteiger partial charge in [-0.1, -0.05) is 12.1 Å². The summed E-state index contributed by atoms with van der Waals surface area (Å²) in [5.74, 6) is 0.227. The van der Waals surface area contributed by atoms with E-state index in [9.17, 15) is 4.79 Å². The van der Waals surface area contributed by atoms with Crippen molar-refractivity contribution in [3.8, 4) is 0 Å². The third kappa shape index (κ3) is 3.29. The predicted molar refractivity (Wildman–Crippen MR) is 79.2 cm³/mol. The quantitative estimate of drug-likeness (QED) is 0.839. The Bertz CT molecular complexity index is 628. The van der Waals surface area contributed by atoms with Crippen molar-refractivity contribution in [2.45, 2.75) is 13.8 Å². The van der Waals surface area contributed by atoms with Gasteiger partial charge in [0.15, 0.2) is 0 Å². The standard InChI is InChI=1S/C16H17NO3/c1-3-17(13-6-4-5-12(2)11-13)15-9-7-14(20-15)8-10-16(18)19/h4-11H,3H2,1-2H3,(H,18,19)/b10-8+. The number of carboxylic acids is 1. The van der Waals surface area contributed by atoms with Gasteiger partial charge in [-0.05, 0) is 43.7 Å².